The zero-order valence-corrected chi connectivity index (χ0v) is 12.4. The molecule has 0 radical (unpaired) electrons. The van der Waals surface area contributed by atoms with Crippen LogP contribution in [0.15, 0.2) is 0 Å². The van der Waals surface area contributed by atoms with Crippen LogP contribution in [0.1, 0.15) is 58.3 Å². The van der Waals surface area contributed by atoms with Crippen molar-refractivity contribution in [3.05, 3.63) is 0 Å². The van der Waals surface area contributed by atoms with Gasteiger partial charge in [-0.1, -0.05) is 13.3 Å². The highest BCUT2D eigenvalue weighted by Gasteiger charge is 2.35. The minimum Gasteiger partial charge on any atom is -0.381 e. The Kier molecular flexibility index (Phi) is 5.50. The highest BCUT2D eigenvalue weighted by Crippen LogP contribution is 2.42. The lowest BCUT2D eigenvalue weighted by Crippen LogP contribution is -2.35. The predicted molar refractivity (Wildman–Crippen MR) is 74.7 cm³/mol. The Morgan fingerprint density at radius 3 is 2.06 bits per heavy atom. The summed E-state index contributed by atoms with van der Waals surface area (Å²) in [7, 11) is 3.75. The summed E-state index contributed by atoms with van der Waals surface area (Å²) in [5.74, 6) is 2.72. The molecule has 0 aromatic heterocycles. The standard InChI is InChI=1S/C16H30O2/c1-4-12-11-14(7-10-16(12)18-3)13-5-8-15(17-2)9-6-13/h12-16H,4-11H2,1-3H3. The number of ether oxygens (including phenoxy) is 2. The summed E-state index contributed by atoms with van der Waals surface area (Å²) in [6.07, 6.45) is 11.7. The van der Waals surface area contributed by atoms with Crippen molar-refractivity contribution in [1.82, 2.24) is 0 Å². The summed E-state index contributed by atoms with van der Waals surface area (Å²) in [6, 6.07) is 0. The molecule has 2 saturated carbocycles. The molecule has 0 spiro atoms. The average Bonchev–Trinajstić information content (AvgIpc) is 2.46. The van der Waals surface area contributed by atoms with Crippen molar-refractivity contribution >= 4 is 0 Å². The second kappa shape index (κ2) is 6.91. The van der Waals surface area contributed by atoms with E-state index < -0.39 is 0 Å². The van der Waals surface area contributed by atoms with Gasteiger partial charge in [0.25, 0.3) is 0 Å². The number of hydrogen-bond donors (Lipinski definition) is 0. The van der Waals surface area contributed by atoms with E-state index in [1.165, 1.54) is 51.4 Å². The quantitative estimate of drug-likeness (QED) is 0.754. The van der Waals surface area contributed by atoms with Gasteiger partial charge in [0.05, 0.1) is 12.2 Å². The van der Waals surface area contributed by atoms with Crippen LogP contribution >= 0.6 is 0 Å². The fourth-order valence-corrected chi connectivity index (χ4v) is 4.24. The van der Waals surface area contributed by atoms with Crippen LogP contribution in [0.2, 0.25) is 0 Å². The SMILES string of the molecule is CCC1CC(C2CCC(OC)CC2)CCC1OC. The Labute approximate surface area is 112 Å². The Morgan fingerprint density at radius 2 is 1.50 bits per heavy atom. The van der Waals surface area contributed by atoms with Gasteiger partial charge in [0.15, 0.2) is 0 Å². The summed E-state index contributed by atoms with van der Waals surface area (Å²) in [6.45, 7) is 2.32. The lowest BCUT2D eigenvalue weighted by atomic mass is 9.68. The van der Waals surface area contributed by atoms with Gasteiger partial charge < -0.3 is 9.47 Å². The van der Waals surface area contributed by atoms with Gasteiger partial charge in [-0.05, 0) is 62.7 Å². The zero-order chi connectivity index (χ0) is 13.0. The van der Waals surface area contributed by atoms with E-state index in [-0.39, 0.29) is 0 Å². The molecule has 3 atom stereocenters. The third-order valence-corrected chi connectivity index (χ3v) is 5.50. The fraction of sp³-hybridized carbons (Fsp3) is 1.00. The van der Waals surface area contributed by atoms with Gasteiger partial charge in [0.1, 0.15) is 0 Å². The molecule has 0 saturated heterocycles. The number of hydrogen-bond acceptors (Lipinski definition) is 2. The second-order valence-corrected chi connectivity index (χ2v) is 6.29. The topological polar surface area (TPSA) is 18.5 Å². The van der Waals surface area contributed by atoms with Gasteiger partial charge >= 0.3 is 0 Å². The summed E-state index contributed by atoms with van der Waals surface area (Å²) in [4.78, 5) is 0. The Balaban J connectivity index is 1.83. The van der Waals surface area contributed by atoms with E-state index in [1.54, 1.807) is 0 Å². The van der Waals surface area contributed by atoms with Gasteiger partial charge in [0, 0.05) is 14.2 Å². The Bertz CT molecular complexity index is 233. The number of methoxy groups -OCH3 is 2. The molecule has 0 N–H and O–H groups in total. The molecule has 0 bridgehead atoms. The van der Waals surface area contributed by atoms with Crippen molar-refractivity contribution in [2.75, 3.05) is 14.2 Å². The van der Waals surface area contributed by atoms with Gasteiger partial charge in [-0.2, -0.15) is 0 Å². The van der Waals surface area contributed by atoms with Gasteiger partial charge in [-0.25, -0.2) is 0 Å². The van der Waals surface area contributed by atoms with Crippen LogP contribution in [0.5, 0.6) is 0 Å². The highest BCUT2D eigenvalue weighted by atomic mass is 16.5. The first kappa shape index (κ1) is 14.3. The molecular formula is C16H30O2. The van der Waals surface area contributed by atoms with E-state index in [0.29, 0.717) is 12.2 Å². The first-order valence-corrected chi connectivity index (χ1v) is 7.84. The molecule has 0 aromatic rings. The summed E-state index contributed by atoms with van der Waals surface area (Å²) in [5.41, 5.74) is 0. The van der Waals surface area contributed by atoms with E-state index >= 15 is 0 Å². The fourth-order valence-electron chi connectivity index (χ4n) is 4.24. The largest absolute Gasteiger partial charge is 0.381 e. The van der Waals surface area contributed by atoms with E-state index in [1.807, 2.05) is 14.2 Å². The van der Waals surface area contributed by atoms with Crippen LogP contribution in [0.3, 0.4) is 0 Å². The molecule has 0 aromatic carbocycles. The molecule has 2 aliphatic carbocycles. The molecule has 106 valence electrons. The van der Waals surface area contributed by atoms with Crippen LogP contribution in [0, 0.1) is 17.8 Å². The predicted octanol–water partition coefficient (Wildman–Crippen LogP) is 4.03. The number of rotatable bonds is 4. The summed E-state index contributed by atoms with van der Waals surface area (Å²) >= 11 is 0. The van der Waals surface area contributed by atoms with Crippen molar-refractivity contribution in [3.63, 3.8) is 0 Å². The molecule has 0 amide bonds. The molecule has 2 fully saturated rings. The zero-order valence-electron chi connectivity index (χ0n) is 12.4. The third-order valence-electron chi connectivity index (χ3n) is 5.50. The molecule has 2 aliphatic rings. The van der Waals surface area contributed by atoms with Crippen molar-refractivity contribution in [1.29, 1.82) is 0 Å². The minimum atomic E-state index is 0.529. The smallest absolute Gasteiger partial charge is 0.0599 e. The maximum atomic E-state index is 5.64. The van der Waals surface area contributed by atoms with Crippen LogP contribution in [0.25, 0.3) is 0 Å². The van der Waals surface area contributed by atoms with Gasteiger partial charge in [-0.3, -0.25) is 0 Å². The van der Waals surface area contributed by atoms with Crippen molar-refractivity contribution in [3.8, 4) is 0 Å². The van der Waals surface area contributed by atoms with Gasteiger partial charge in [-0.15, -0.1) is 0 Å². The molecule has 0 aliphatic heterocycles. The van der Waals surface area contributed by atoms with E-state index in [9.17, 15) is 0 Å². The maximum absolute atomic E-state index is 5.64. The van der Waals surface area contributed by atoms with Crippen LogP contribution in [-0.4, -0.2) is 26.4 Å². The minimum absolute atomic E-state index is 0.529. The first-order chi connectivity index (χ1) is 8.78. The van der Waals surface area contributed by atoms with E-state index in [4.69, 9.17) is 9.47 Å². The van der Waals surface area contributed by atoms with E-state index in [0.717, 1.165) is 17.8 Å². The third kappa shape index (κ3) is 3.27. The first-order valence-electron chi connectivity index (χ1n) is 7.84. The molecule has 18 heavy (non-hydrogen) atoms. The molecular weight excluding hydrogens is 224 g/mol. The highest BCUT2D eigenvalue weighted by molar-refractivity contribution is 4.86. The van der Waals surface area contributed by atoms with Crippen LogP contribution in [-0.2, 0) is 9.47 Å². The Morgan fingerprint density at radius 1 is 0.833 bits per heavy atom. The van der Waals surface area contributed by atoms with Crippen LogP contribution < -0.4 is 0 Å². The lowest BCUT2D eigenvalue weighted by Gasteiger charge is -2.40. The lowest BCUT2D eigenvalue weighted by molar-refractivity contribution is -0.0158. The van der Waals surface area contributed by atoms with Crippen molar-refractivity contribution < 1.29 is 9.47 Å². The molecule has 0 heterocycles. The van der Waals surface area contributed by atoms with Crippen molar-refractivity contribution in [2.45, 2.75) is 70.5 Å². The van der Waals surface area contributed by atoms with Crippen molar-refractivity contribution in [2.24, 2.45) is 17.8 Å². The van der Waals surface area contributed by atoms with Crippen LogP contribution in [0.4, 0.5) is 0 Å². The van der Waals surface area contributed by atoms with E-state index in [2.05, 4.69) is 6.92 Å². The molecule has 3 unspecified atom stereocenters. The molecule has 2 nitrogen and oxygen atoms in total. The summed E-state index contributed by atoms with van der Waals surface area (Å²) < 4.78 is 11.1. The summed E-state index contributed by atoms with van der Waals surface area (Å²) in [5, 5.41) is 0. The maximum Gasteiger partial charge on any atom is 0.0599 e. The second-order valence-electron chi connectivity index (χ2n) is 6.29. The molecule has 2 heteroatoms. The monoisotopic (exact) mass is 254 g/mol. The Hall–Kier alpha value is -0.0800. The normalized spacial score (nSPS) is 41.8. The average molecular weight is 254 g/mol. The van der Waals surface area contributed by atoms with Gasteiger partial charge in [0.2, 0.25) is 0 Å². The molecule has 2 rings (SSSR count).